The van der Waals surface area contributed by atoms with Crippen molar-refractivity contribution in [2.45, 2.75) is 6.54 Å². The van der Waals surface area contributed by atoms with Crippen LogP contribution in [0.25, 0.3) is 0 Å². The number of nitrogens with one attached hydrogen (secondary N) is 1. The Bertz CT molecular complexity index is 496. The Labute approximate surface area is 108 Å². The predicted molar refractivity (Wildman–Crippen MR) is 65.8 cm³/mol. The molecule has 17 heavy (non-hydrogen) atoms. The van der Waals surface area contributed by atoms with Crippen LogP contribution in [0.5, 0.6) is 0 Å². The van der Waals surface area contributed by atoms with Crippen molar-refractivity contribution in [3.63, 3.8) is 0 Å². The summed E-state index contributed by atoms with van der Waals surface area (Å²) in [6.07, 6.45) is 1.29. The van der Waals surface area contributed by atoms with E-state index in [1.165, 1.54) is 18.5 Å². The summed E-state index contributed by atoms with van der Waals surface area (Å²) in [6, 6.07) is 6.13. The summed E-state index contributed by atoms with van der Waals surface area (Å²) in [5, 5.41) is 3.52. The van der Waals surface area contributed by atoms with Crippen LogP contribution in [0.2, 0.25) is 10.3 Å². The number of rotatable bonds is 3. The van der Waals surface area contributed by atoms with Crippen molar-refractivity contribution in [1.29, 1.82) is 0 Å². The number of benzene rings is 1. The molecule has 0 fully saturated rings. The van der Waals surface area contributed by atoms with Crippen LogP contribution in [0.3, 0.4) is 0 Å². The molecule has 1 N–H and O–H groups in total. The summed E-state index contributed by atoms with van der Waals surface area (Å²) < 4.78 is 12.7. The van der Waals surface area contributed by atoms with Gasteiger partial charge in [0.05, 0.1) is 0 Å². The molecule has 0 spiro atoms. The molecule has 0 bridgehead atoms. The van der Waals surface area contributed by atoms with Crippen molar-refractivity contribution in [2.24, 2.45) is 0 Å². The smallest absolute Gasteiger partial charge is 0.157 e. The monoisotopic (exact) mass is 271 g/mol. The Balaban J connectivity index is 2.10. The standard InChI is InChI=1S/C11H8Cl2FN3/c12-10-9(11(13)17-6-16-10)15-5-7-1-3-8(14)4-2-7/h1-4,6,15H,5H2. The third-order valence-corrected chi connectivity index (χ3v) is 2.71. The lowest BCUT2D eigenvalue weighted by Crippen LogP contribution is -2.02. The predicted octanol–water partition coefficient (Wildman–Crippen LogP) is 3.53. The number of anilines is 1. The highest BCUT2D eigenvalue weighted by Crippen LogP contribution is 2.26. The molecule has 2 rings (SSSR count). The van der Waals surface area contributed by atoms with E-state index < -0.39 is 0 Å². The van der Waals surface area contributed by atoms with Crippen molar-refractivity contribution < 1.29 is 4.39 Å². The lowest BCUT2D eigenvalue weighted by atomic mass is 10.2. The average molecular weight is 272 g/mol. The summed E-state index contributed by atoms with van der Waals surface area (Å²) in [5.41, 5.74) is 1.38. The van der Waals surface area contributed by atoms with Gasteiger partial charge in [-0.3, -0.25) is 0 Å². The molecule has 0 radical (unpaired) electrons. The molecule has 2 aromatic rings. The summed E-state index contributed by atoms with van der Waals surface area (Å²) in [6.45, 7) is 0.465. The van der Waals surface area contributed by atoms with Gasteiger partial charge in [0.1, 0.15) is 17.8 Å². The van der Waals surface area contributed by atoms with Crippen molar-refractivity contribution in [3.05, 3.63) is 52.3 Å². The van der Waals surface area contributed by atoms with Crippen molar-refractivity contribution in [3.8, 4) is 0 Å². The Morgan fingerprint density at radius 1 is 1.06 bits per heavy atom. The lowest BCUT2D eigenvalue weighted by molar-refractivity contribution is 0.627. The molecule has 6 heteroatoms. The fourth-order valence-electron chi connectivity index (χ4n) is 1.28. The molecule has 0 aliphatic heterocycles. The molecule has 1 aromatic carbocycles. The van der Waals surface area contributed by atoms with Crippen LogP contribution in [0.1, 0.15) is 5.56 Å². The largest absolute Gasteiger partial charge is 0.376 e. The molecule has 0 saturated carbocycles. The van der Waals surface area contributed by atoms with Gasteiger partial charge in [-0.1, -0.05) is 35.3 Å². The second kappa shape index (κ2) is 5.29. The van der Waals surface area contributed by atoms with Gasteiger partial charge < -0.3 is 5.32 Å². The minimum absolute atomic E-state index is 0.257. The first kappa shape index (κ1) is 12.1. The van der Waals surface area contributed by atoms with E-state index in [2.05, 4.69) is 15.3 Å². The van der Waals surface area contributed by atoms with E-state index in [4.69, 9.17) is 23.2 Å². The first-order valence-electron chi connectivity index (χ1n) is 4.81. The maximum atomic E-state index is 12.7. The highest BCUT2D eigenvalue weighted by Gasteiger charge is 2.07. The van der Waals surface area contributed by atoms with Crippen molar-refractivity contribution in [1.82, 2.24) is 9.97 Å². The molecule has 88 valence electrons. The molecular formula is C11H8Cl2FN3. The summed E-state index contributed by atoms with van der Waals surface area (Å²) in [4.78, 5) is 7.63. The number of aromatic nitrogens is 2. The summed E-state index contributed by atoms with van der Waals surface area (Å²) in [7, 11) is 0. The van der Waals surface area contributed by atoms with E-state index in [1.54, 1.807) is 12.1 Å². The molecule has 0 amide bonds. The minimum atomic E-state index is -0.271. The maximum absolute atomic E-state index is 12.7. The zero-order chi connectivity index (χ0) is 12.3. The first-order valence-corrected chi connectivity index (χ1v) is 5.56. The van der Waals surface area contributed by atoms with Crippen LogP contribution in [-0.2, 0) is 6.54 Å². The van der Waals surface area contributed by atoms with E-state index in [0.29, 0.717) is 12.2 Å². The lowest BCUT2D eigenvalue weighted by Gasteiger charge is -2.08. The van der Waals surface area contributed by atoms with Crippen molar-refractivity contribution in [2.75, 3.05) is 5.32 Å². The summed E-state index contributed by atoms with van der Waals surface area (Å²) >= 11 is 11.7. The molecule has 3 nitrogen and oxygen atoms in total. The third-order valence-electron chi connectivity index (χ3n) is 2.14. The van der Waals surface area contributed by atoms with E-state index in [-0.39, 0.29) is 16.1 Å². The molecule has 0 saturated heterocycles. The van der Waals surface area contributed by atoms with Gasteiger partial charge in [0, 0.05) is 6.54 Å². The van der Waals surface area contributed by atoms with Gasteiger partial charge in [-0.2, -0.15) is 0 Å². The molecule has 0 aliphatic carbocycles. The zero-order valence-corrected chi connectivity index (χ0v) is 10.1. The SMILES string of the molecule is Fc1ccc(CNc2c(Cl)ncnc2Cl)cc1. The van der Waals surface area contributed by atoms with E-state index >= 15 is 0 Å². The molecule has 0 atom stereocenters. The van der Waals surface area contributed by atoms with Gasteiger partial charge in [-0.15, -0.1) is 0 Å². The summed E-state index contributed by atoms with van der Waals surface area (Å²) in [5.74, 6) is -0.271. The third kappa shape index (κ3) is 3.05. The Morgan fingerprint density at radius 3 is 2.24 bits per heavy atom. The zero-order valence-electron chi connectivity index (χ0n) is 8.62. The fourth-order valence-corrected chi connectivity index (χ4v) is 1.73. The van der Waals surface area contributed by atoms with Gasteiger partial charge in [0.25, 0.3) is 0 Å². The molecular weight excluding hydrogens is 264 g/mol. The van der Waals surface area contributed by atoms with E-state index in [1.807, 2.05) is 0 Å². The highest BCUT2D eigenvalue weighted by atomic mass is 35.5. The average Bonchev–Trinajstić information content (AvgIpc) is 2.31. The molecule has 1 aromatic heterocycles. The highest BCUT2D eigenvalue weighted by molar-refractivity contribution is 6.37. The minimum Gasteiger partial charge on any atom is -0.376 e. The normalized spacial score (nSPS) is 10.3. The van der Waals surface area contributed by atoms with Gasteiger partial charge in [0.2, 0.25) is 0 Å². The quantitative estimate of drug-likeness (QED) is 0.868. The van der Waals surface area contributed by atoms with Gasteiger partial charge in [-0.05, 0) is 17.7 Å². The number of hydrogen-bond acceptors (Lipinski definition) is 3. The van der Waals surface area contributed by atoms with E-state index in [0.717, 1.165) is 5.56 Å². The maximum Gasteiger partial charge on any atom is 0.157 e. The molecule has 1 heterocycles. The number of halogens is 3. The second-order valence-corrected chi connectivity index (χ2v) is 4.03. The molecule has 0 unspecified atom stereocenters. The Kier molecular flexibility index (Phi) is 3.76. The van der Waals surface area contributed by atoms with Crippen LogP contribution >= 0.6 is 23.2 Å². The Hall–Kier alpha value is -1.39. The molecule has 0 aliphatic rings. The fraction of sp³-hybridized carbons (Fsp3) is 0.0909. The first-order chi connectivity index (χ1) is 8.16. The van der Waals surface area contributed by atoms with Crippen LogP contribution < -0.4 is 5.32 Å². The van der Waals surface area contributed by atoms with Gasteiger partial charge in [-0.25, -0.2) is 14.4 Å². The van der Waals surface area contributed by atoms with Crippen LogP contribution in [0.4, 0.5) is 10.1 Å². The van der Waals surface area contributed by atoms with Crippen molar-refractivity contribution >= 4 is 28.9 Å². The Morgan fingerprint density at radius 2 is 1.65 bits per heavy atom. The second-order valence-electron chi connectivity index (χ2n) is 3.31. The van der Waals surface area contributed by atoms with Gasteiger partial charge >= 0.3 is 0 Å². The van der Waals surface area contributed by atoms with Gasteiger partial charge in [0.15, 0.2) is 10.3 Å². The number of nitrogens with zero attached hydrogens (tertiary/aromatic N) is 2. The van der Waals surface area contributed by atoms with Crippen LogP contribution in [0.15, 0.2) is 30.6 Å². The van der Waals surface area contributed by atoms with Crippen LogP contribution in [-0.4, -0.2) is 9.97 Å². The van der Waals surface area contributed by atoms with E-state index in [9.17, 15) is 4.39 Å². The topological polar surface area (TPSA) is 37.8 Å². The van der Waals surface area contributed by atoms with Crippen LogP contribution in [0, 0.1) is 5.82 Å². The number of hydrogen-bond donors (Lipinski definition) is 1.